The molecule has 2 aromatic rings. The fraction of sp³-hybridized carbons (Fsp3) is 0.333. The first-order valence-electron chi connectivity index (χ1n) is 7.37. The Morgan fingerprint density at radius 1 is 1.32 bits per heavy atom. The summed E-state index contributed by atoms with van der Waals surface area (Å²) < 4.78 is 44.1. The maximum atomic E-state index is 12.8. The summed E-state index contributed by atoms with van der Waals surface area (Å²) in [5.41, 5.74) is 0.387. The fourth-order valence-electron chi connectivity index (χ4n) is 1.96. The lowest BCUT2D eigenvalue weighted by Crippen LogP contribution is -2.03. The number of fused-ring (bicyclic) bond motifs is 1. The second-order valence-corrected chi connectivity index (χ2v) is 9.97. The number of rotatable bonds is 3. The molecule has 0 bridgehead atoms. The van der Waals surface area contributed by atoms with Crippen LogP contribution in [0.3, 0.4) is 0 Å². The molecule has 134 valence electrons. The normalized spacial score (nSPS) is 14.0. The number of hydrogen-bond acceptors (Lipinski definition) is 3. The van der Waals surface area contributed by atoms with E-state index in [1.54, 1.807) is 19.3 Å². The second-order valence-electron chi connectivity index (χ2n) is 6.09. The zero-order chi connectivity index (χ0) is 18.7. The van der Waals surface area contributed by atoms with E-state index < -0.39 is 21.8 Å². The number of hydrogen-bond donors (Lipinski definition) is 0. The van der Waals surface area contributed by atoms with Crippen molar-refractivity contribution < 1.29 is 17.6 Å². The van der Waals surface area contributed by atoms with Crippen LogP contribution in [0.1, 0.15) is 17.9 Å². The minimum Gasteiger partial charge on any atom is -0.436 e. The van der Waals surface area contributed by atoms with Gasteiger partial charge >= 0.3 is 6.18 Å². The third-order valence-electron chi connectivity index (χ3n) is 3.07. The lowest BCUT2D eigenvalue weighted by atomic mass is 10.2. The van der Waals surface area contributed by atoms with Crippen molar-refractivity contribution in [3.8, 4) is 11.2 Å². The van der Waals surface area contributed by atoms with Crippen LogP contribution < -0.4 is 0 Å². The van der Waals surface area contributed by atoms with Gasteiger partial charge in [0.1, 0.15) is 5.52 Å². The van der Waals surface area contributed by atoms with Crippen LogP contribution in [0.2, 0.25) is 0 Å². The molecular formula is C18H19F3N2OS. The zero-order valence-electron chi connectivity index (χ0n) is 14.4. The monoisotopic (exact) mass is 368 g/mol. The molecule has 0 unspecified atom stereocenters. The third kappa shape index (κ3) is 5.40. The molecule has 0 aliphatic rings. The largest absolute Gasteiger partial charge is 0.436 e. The molecule has 2 rings (SSSR count). The lowest BCUT2D eigenvalue weighted by molar-refractivity contribution is -0.137. The average Bonchev–Trinajstić information content (AvgIpc) is 2.91. The summed E-state index contributed by atoms with van der Waals surface area (Å²) in [5, 5.41) is 3.19. The zero-order valence-corrected chi connectivity index (χ0v) is 15.3. The Hall–Kier alpha value is -2.20. The maximum Gasteiger partial charge on any atom is 0.416 e. The first kappa shape index (κ1) is 19.1. The second kappa shape index (κ2) is 7.36. The minimum atomic E-state index is -4.41. The Bertz CT molecular complexity index is 878. The van der Waals surface area contributed by atoms with E-state index in [2.05, 4.69) is 39.9 Å². The van der Waals surface area contributed by atoms with Gasteiger partial charge in [0.15, 0.2) is 5.58 Å². The number of alkyl halides is 3. The molecule has 0 aliphatic heterocycles. The number of allylic oxidation sites excluding steroid dienone is 2. The van der Waals surface area contributed by atoms with Crippen LogP contribution in [0.25, 0.3) is 16.7 Å². The summed E-state index contributed by atoms with van der Waals surface area (Å²) in [7, 11) is 0.659. The third-order valence-corrected chi connectivity index (χ3v) is 3.83. The molecule has 1 heterocycles. The summed E-state index contributed by atoms with van der Waals surface area (Å²) in [5.74, 6) is 3.35. The number of benzene rings is 1. The molecule has 0 N–H and O–H groups in total. The molecule has 1 aromatic carbocycles. The molecule has 0 radical (unpaired) electrons. The Labute approximate surface area is 146 Å². The van der Waals surface area contributed by atoms with E-state index >= 15 is 0 Å². The van der Waals surface area contributed by atoms with Crippen molar-refractivity contribution in [2.24, 2.45) is 4.99 Å². The van der Waals surface area contributed by atoms with Gasteiger partial charge in [-0.3, -0.25) is 4.99 Å². The molecule has 0 aliphatic carbocycles. The molecule has 0 saturated carbocycles. The average molecular weight is 368 g/mol. The van der Waals surface area contributed by atoms with E-state index in [4.69, 9.17) is 4.42 Å². The molecule has 25 heavy (non-hydrogen) atoms. The predicted molar refractivity (Wildman–Crippen MR) is 99.2 cm³/mol. The fourth-order valence-corrected chi connectivity index (χ4v) is 2.46. The van der Waals surface area contributed by atoms with Crippen molar-refractivity contribution in [2.45, 2.75) is 12.6 Å². The summed E-state index contributed by atoms with van der Waals surface area (Å²) in [4.78, 5) is 8.09. The van der Waals surface area contributed by atoms with E-state index in [9.17, 15) is 13.2 Å². The maximum absolute atomic E-state index is 12.8. The number of aliphatic imine (C=N–C) groups is 1. The molecule has 0 saturated heterocycles. The number of aromatic nitrogens is 1. The molecule has 0 atom stereocenters. The number of oxazole rings is 1. The summed E-state index contributed by atoms with van der Waals surface area (Å²) in [6.45, 7) is 0. The summed E-state index contributed by atoms with van der Waals surface area (Å²) >= 11 is 0. The van der Waals surface area contributed by atoms with Gasteiger partial charge in [0.2, 0.25) is 5.89 Å². The van der Waals surface area contributed by atoms with E-state index in [1.165, 1.54) is 6.07 Å². The van der Waals surface area contributed by atoms with Crippen molar-refractivity contribution >= 4 is 32.9 Å². The standard InChI is InChI=1S/C18H19F3N2OS/c1-22-10-9-13(6-5-11-25(2,3)4)17-23-15-12-14(18(19,20)21)7-8-16(15)24-17/h7-10,12H,6H2,1-4H3/b13-9+,22-10?. The Kier molecular flexibility index (Phi) is 5.63. The van der Waals surface area contributed by atoms with Gasteiger partial charge in [0.25, 0.3) is 0 Å². The van der Waals surface area contributed by atoms with Crippen LogP contribution >= 0.6 is 10.0 Å². The van der Waals surface area contributed by atoms with Crippen molar-refractivity contribution in [3.63, 3.8) is 0 Å². The van der Waals surface area contributed by atoms with E-state index in [-0.39, 0.29) is 11.4 Å². The van der Waals surface area contributed by atoms with Crippen molar-refractivity contribution in [1.29, 1.82) is 0 Å². The van der Waals surface area contributed by atoms with Gasteiger partial charge in [-0.15, -0.1) is 0 Å². The first-order chi connectivity index (χ1) is 11.6. The van der Waals surface area contributed by atoms with Crippen LogP contribution in [0.5, 0.6) is 0 Å². The molecule has 1 aromatic heterocycles. The topological polar surface area (TPSA) is 38.4 Å². The lowest BCUT2D eigenvalue weighted by Gasteiger charge is -2.14. The van der Waals surface area contributed by atoms with Gasteiger partial charge < -0.3 is 4.42 Å². The van der Waals surface area contributed by atoms with Crippen LogP contribution in [0.15, 0.2) is 33.7 Å². The SMILES string of the molecule is CN=C/C=C(\CC#CS(C)(C)C)c1nc2cc(C(F)(F)F)ccc2o1. The van der Waals surface area contributed by atoms with Gasteiger partial charge in [0, 0.05) is 25.3 Å². The molecule has 0 amide bonds. The molecular weight excluding hydrogens is 349 g/mol. The van der Waals surface area contributed by atoms with Crippen LogP contribution in [0.4, 0.5) is 13.2 Å². The molecule has 3 nitrogen and oxygen atoms in total. The van der Waals surface area contributed by atoms with Gasteiger partial charge in [-0.05, 0) is 43.0 Å². The van der Waals surface area contributed by atoms with Crippen LogP contribution in [-0.4, -0.2) is 37.0 Å². The Balaban J connectivity index is 2.41. The van der Waals surface area contributed by atoms with Gasteiger partial charge in [-0.25, -0.2) is 4.98 Å². The van der Waals surface area contributed by atoms with Crippen molar-refractivity contribution in [1.82, 2.24) is 4.98 Å². The molecule has 0 fully saturated rings. The highest BCUT2D eigenvalue weighted by Gasteiger charge is 2.31. The number of halogens is 3. The van der Waals surface area contributed by atoms with Gasteiger partial charge in [-0.2, -0.15) is 23.2 Å². The van der Waals surface area contributed by atoms with Gasteiger partial charge in [-0.1, -0.05) is 11.2 Å². The quantitative estimate of drug-likeness (QED) is 0.566. The molecule has 0 spiro atoms. The number of nitrogens with zero attached hydrogens (tertiary/aromatic N) is 2. The van der Waals surface area contributed by atoms with E-state index in [1.807, 2.05) is 0 Å². The highest BCUT2D eigenvalue weighted by molar-refractivity contribution is 8.35. The highest BCUT2D eigenvalue weighted by Crippen LogP contribution is 2.34. The van der Waals surface area contributed by atoms with E-state index in [0.29, 0.717) is 17.6 Å². The van der Waals surface area contributed by atoms with Crippen molar-refractivity contribution in [3.05, 3.63) is 35.7 Å². The summed E-state index contributed by atoms with van der Waals surface area (Å²) in [6, 6.07) is 3.25. The van der Waals surface area contributed by atoms with Crippen LogP contribution in [0, 0.1) is 11.2 Å². The Morgan fingerprint density at radius 3 is 2.64 bits per heavy atom. The first-order valence-corrected chi connectivity index (χ1v) is 10.2. The van der Waals surface area contributed by atoms with Gasteiger partial charge in [0.05, 0.1) is 5.56 Å². The highest BCUT2D eigenvalue weighted by atomic mass is 32.3. The van der Waals surface area contributed by atoms with Crippen molar-refractivity contribution in [2.75, 3.05) is 25.8 Å². The van der Waals surface area contributed by atoms with E-state index in [0.717, 1.165) is 12.1 Å². The minimum absolute atomic E-state index is 0.165. The smallest absolute Gasteiger partial charge is 0.416 e. The summed E-state index contributed by atoms with van der Waals surface area (Å²) in [6.07, 6.45) is 5.50. The molecule has 7 heteroatoms. The van der Waals surface area contributed by atoms with Crippen LogP contribution in [-0.2, 0) is 6.18 Å². The Morgan fingerprint density at radius 2 is 2.04 bits per heavy atom. The predicted octanol–water partition coefficient (Wildman–Crippen LogP) is 4.98.